The number of benzene rings is 2. The van der Waals surface area contributed by atoms with Gasteiger partial charge < -0.3 is 10.0 Å². The van der Waals surface area contributed by atoms with Gasteiger partial charge in [-0.15, -0.1) is 0 Å². The highest BCUT2D eigenvalue weighted by Gasteiger charge is 2.19. The average molecular weight is 305 g/mol. The molecule has 2 aromatic carbocycles. The lowest BCUT2D eigenvalue weighted by molar-refractivity contribution is 0.220. The van der Waals surface area contributed by atoms with Crippen LogP contribution >= 0.6 is 0 Å². The summed E-state index contributed by atoms with van der Waals surface area (Å²) in [6.07, 6.45) is 4.75. The maximum atomic E-state index is 10.8. The van der Waals surface area contributed by atoms with Gasteiger partial charge in [-0.3, -0.25) is 0 Å². The third-order valence-electron chi connectivity index (χ3n) is 4.21. The van der Waals surface area contributed by atoms with Crippen LogP contribution in [0.25, 0.3) is 5.57 Å². The van der Waals surface area contributed by atoms with Crippen molar-refractivity contribution in [3.63, 3.8) is 0 Å². The Morgan fingerprint density at radius 2 is 1.70 bits per heavy atom. The lowest BCUT2D eigenvalue weighted by Crippen LogP contribution is -2.15. The molecule has 0 bridgehead atoms. The molecule has 0 aromatic heterocycles. The van der Waals surface area contributed by atoms with Gasteiger partial charge in [-0.25, -0.2) is 0 Å². The van der Waals surface area contributed by atoms with Gasteiger partial charge in [-0.05, 0) is 48.4 Å². The Balaban J connectivity index is 2.02. The zero-order valence-electron chi connectivity index (χ0n) is 13.7. The van der Waals surface area contributed by atoms with E-state index in [1.807, 2.05) is 42.5 Å². The van der Waals surface area contributed by atoms with Crippen LogP contribution in [0.1, 0.15) is 29.2 Å². The SMILES string of the molecule is CN(C)CC1=C(c2ccccc2C(O)c2ccccc2)CC=C1. The van der Waals surface area contributed by atoms with Crippen molar-refractivity contribution in [2.24, 2.45) is 0 Å². The molecule has 0 heterocycles. The molecule has 0 aliphatic heterocycles. The maximum Gasteiger partial charge on any atom is 0.105 e. The van der Waals surface area contributed by atoms with Crippen molar-refractivity contribution < 1.29 is 5.11 Å². The Morgan fingerprint density at radius 1 is 1.00 bits per heavy atom. The van der Waals surface area contributed by atoms with Crippen LogP contribution in [-0.4, -0.2) is 30.6 Å². The molecular weight excluding hydrogens is 282 g/mol. The standard InChI is InChI=1S/C21H23NO/c1-22(2)15-17-11-8-14-18(17)19-12-6-7-13-20(19)21(23)16-9-4-3-5-10-16/h3-13,21,23H,14-15H2,1-2H3. The second-order valence-corrected chi connectivity index (χ2v) is 6.25. The van der Waals surface area contributed by atoms with Crippen LogP contribution in [0.3, 0.4) is 0 Å². The smallest absolute Gasteiger partial charge is 0.105 e. The molecule has 118 valence electrons. The van der Waals surface area contributed by atoms with Crippen LogP contribution in [0.4, 0.5) is 0 Å². The summed E-state index contributed by atoms with van der Waals surface area (Å²) >= 11 is 0. The number of rotatable bonds is 5. The first-order valence-electron chi connectivity index (χ1n) is 8.02. The van der Waals surface area contributed by atoms with Crippen LogP contribution in [-0.2, 0) is 0 Å². The fourth-order valence-corrected chi connectivity index (χ4v) is 3.15. The number of allylic oxidation sites excluding steroid dienone is 2. The first kappa shape index (κ1) is 15.7. The molecule has 2 heteroatoms. The minimum Gasteiger partial charge on any atom is -0.384 e. The van der Waals surface area contributed by atoms with Crippen LogP contribution < -0.4 is 0 Å². The highest BCUT2D eigenvalue weighted by atomic mass is 16.3. The van der Waals surface area contributed by atoms with E-state index in [9.17, 15) is 5.11 Å². The van der Waals surface area contributed by atoms with Crippen LogP contribution in [0, 0.1) is 0 Å². The third-order valence-corrected chi connectivity index (χ3v) is 4.21. The fourth-order valence-electron chi connectivity index (χ4n) is 3.15. The largest absolute Gasteiger partial charge is 0.384 e. The summed E-state index contributed by atoms with van der Waals surface area (Å²) in [6.45, 7) is 0.918. The first-order chi connectivity index (χ1) is 11.2. The molecule has 1 N–H and O–H groups in total. The molecule has 0 saturated heterocycles. The van der Waals surface area contributed by atoms with Gasteiger partial charge in [-0.2, -0.15) is 0 Å². The number of hydrogen-bond donors (Lipinski definition) is 1. The quantitative estimate of drug-likeness (QED) is 0.901. The second kappa shape index (κ2) is 6.95. The van der Waals surface area contributed by atoms with Crippen molar-refractivity contribution in [2.75, 3.05) is 20.6 Å². The lowest BCUT2D eigenvalue weighted by Gasteiger charge is -2.19. The van der Waals surface area contributed by atoms with Gasteiger partial charge in [0.25, 0.3) is 0 Å². The summed E-state index contributed by atoms with van der Waals surface area (Å²) in [6, 6.07) is 18.1. The zero-order chi connectivity index (χ0) is 16.2. The Morgan fingerprint density at radius 3 is 2.43 bits per heavy atom. The molecule has 2 nitrogen and oxygen atoms in total. The molecule has 1 atom stereocenters. The minimum absolute atomic E-state index is 0.596. The van der Waals surface area contributed by atoms with Gasteiger partial charge in [0.05, 0.1) is 0 Å². The molecule has 1 aliphatic rings. The number of likely N-dealkylation sites (N-methyl/N-ethyl adjacent to an activating group) is 1. The van der Waals surface area contributed by atoms with E-state index >= 15 is 0 Å². The van der Waals surface area contributed by atoms with E-state index in [0.717, 1.165) is 29.7 Å². The Labute approximate surface area is 138 Å². The molecule has 23 heavy (non-hydrogen) atoms. The number of nitrogens with zero attached hydrogens (tertiary/aromatic N) is 1. The van der Waals surface area contributed by atoms with E-state index in [0.29, 0.717) is 0 Å². The van der Waals surface area contributed by atoms with Crippen molar-refractivity contribution >= 4 is 5.57 Å². The normalized spacial score (nSPS) is 15.5. The summed E-state index contributed by atoms with van der Waals surface area (Å²) in [7, 11) is 4.17. The number of hydrogen-bond acceptors (Lipinski definition) is 2. The van der Waals surface area contributed by atoms with Gasteiger partial charge in [0.2, 0.25) is 0 Å². The van der Waals surface area contributed by atoms with E-state index in [2.05, 4.69) is 43.3 Å². The van der Waals surface area contributed by atoms with E-state index < -0.39 is 6.10 Å². The highest BCUT2D eigenvalue weighted by Crippen LogP contribution is 2.35. The summed E-state index contributed by atoms with van der Waals surface area (Å²) < 4.78 is 0. The van der Waals surface area contributed by atoms with Crippen LogP contribution in [0.5, 0.6) is 0 Å². The second-order valence-electron chi connectivity index (χ2n) is 6.25. The molecule has 0 saturated carbocycles. The fraction of sp³-hybridized carbons (Fsp3) is 0.238. The Kier molecular flexibility index (Phi) is 4.75. The molecule has 0 spiro atoms. The summed E-state index contributed by atoms with van der Waals surface area (Å²) in [5, 5.41) is 10.8. The predicted molar refractivity (Wildman–Crippen MR) is 96.2 cm³/mol. The van der Waals surface area contributed by atoms with Crippen LogP contribution in [0.15, 0.2) is 72.3 Å². The van der Waals surface area contributed by atoms with Gasteiger partial charge in [0, 0.05) is 6.54 Å². The van der Waals surface area contributed by atoms with Crippen molar-refractivity contribution in [3.05, 3.63) is 89.0 Å². The third kappa shape index (κ3) is 3.44. The Hall–Kier alpha value is -2.16. The van der Waals surface area contributed by atoms with Crippen molar-refractivity contribution in [1.29, 1.82) is 0 Å². The van der Waals surface area contributed by atoms with E-state index in [1.165, 1.54) is 11.1 Å². The lowest BCUT2D eigenvalue weighted by atomic mass is 9.90. The average Bonchev–Trinajstić information content (AvgIpc) is 3.02. The molecule has 0 radical (unpaired) electrons. The van der Waals surface area contributed by atoms with Gasteiger partial charge >= 0.3 is 0 Å². The van der Waals surface area contributed by atoms with Crippen molar-refractivity contribution in [1.82, 2.24) is 4.90 Å². The van der Waals surface area contributed by atoms with Crippen molar-refractivity contribution in [2.45, 2.75) is 12.5 Å². The number of aliphatic hydroxyl groups excluding tert-OH is 1. The first-order valence-corrected chi connectivity index (χ1v) is 8.02. The van der Waals surface area contributed by atoms with E-state index in [1.54, 1.807) is 0 Å². The molecular formula is C21H23NO. The summed E-state index contributed by atoms with van der Waals surface area (Å²) in [5.41, 5.74) is 5.73. The van der Waals surface area contributed by atoms with Gasteiger partial charge in [0.1, 0.15) is 6.10 Å². The van der Waals surface area contributed by atoms with Crippen molar-refractivity contribution in [3.8, 4) is 0 Å². The topological polar surface area (TPSA) is 23.5 Å². The monoisotopic (exact) mass is 305 g/mol. The molecule has 1 aliphatic carbocycles. The summed E-state index contributed by atoms with van der Waals surface area (Å²) in [4.78, 5) is 2.18. The predicted octanol–water partition coefficient (Wildman–Crippen LogP) is 4.04. The van der Waals surface area contributed by atoms with E-state index in [-0.39, 0.29) is 0 Å². The summed E-state index contributed by atoms with van der Waals surface area (Å²) in [5.74, 6) is 0. The Bertz CT molecular complexity index is 729. The molecule has 2 aromatic rings. The van der Waals surface area contributed by atoms with E-state index in [4.69, 9.17) is 0 Å². The molecule has 3 rings (SSSR count). The number of aliphatic hydroxyl groups is 1. The van der Waals surface area contributed by atoms with Gasteiger partial charge in [0.15, 0.2) is 0 Å². The van der Waals surface area contributed by atoms with Crippen LogP contribution in [0.2, 0.25) is 0 Å². The molecule has 1 unspecified atom stereocenters. The highest BCUT2D eigenvalue weighted by molar-refractivity contribution is 5.77. The molecule has 0 amide bonds. The zero-order valence-corrected chi connectivity index (χ0v) is 13.7. The van der Waals surface area contributed by atoms with Gasteiger partial charge in [-0.1, -0.05) is 66.7 Å². The maximum absolute atomic E-state index is 10.8. The molecule has 0 fully saturated rings. The minimum atomic E-state index is -0.596.